The van der Waals surface area contributed by atoms with Crippen LogP contribution in [0.5, 0.6) is 11.5 Å². The van der Waals surface area contributed by atoms with Gasteiger partial charge in [-0.15, -0.1) is 0 Å². The van der Waals surface area contributed by atoms with Crippen molar-refractivity contribution < 1.29 is 22.4 Å². The Kier molecular flexibility index (Phi) is 5.04. The van der Waals surface area contributed by atoms with E-state index in [2.05, 4.69) is 9.88 Å². The van der Waals surface area contributed by atoms with E-state index >= 15 is 0 Å². The summed E-state index contributed by atoms with van der Waals surface area (Å²) in [6.07, 6.45) is 0. The van der Waals surface area contributed by atoms with Crippen molar-refractivity contribution in [2.45, 2.75) is 18.7 Å². The SMILES string of the molecule is COc1ccc(OCCNS(=O)(=O)c2c(C)noc2C)cc1. The van der Waals surface area contributed by atoms with Gasteiger partial charge in [-0.1, -0.05) is 5.16 Å². The van der Waals surface area contributed by atoms with Gasteiger partial charge in [0.25, 0.3) is 0 Å². The number of hydrogen-bond acceptors (Lipinski definition) is 6. The van der Waals surface area contributed by atoms with Crippen molar-refractivity contribution >= 4 is 10.0 Å². The van der Waals surface area contributed by atoms with Crippen molar-refractivity contribution in [3.63, 3.8) is 0 Å². The van der Waals surface area contributed by atoms with Crippen LogP contribution in [0.3, 0.4) is 0 Å². The second-order valence-electron chi connectivity index (χ2n) is 4.58. The third kappa shape index (κ3) is 3.77. The fourth-order valence-electron chi connectivity index (χ4n) is 1.95. The minimum atomic E-state index is -3.65. The highest BCUT2D eigenvalue weighted by Crippen LogP contribution is 2.19. The smallest absolute Gasteiger partial charge is 0.246 e. The van der Waals surface area contributed by atoms with Crippen LogP contribution in [0.15, 0.2) is 33.7 Å². The molecule has 0 bridgehead atoms. The minimum absolute atomic E-state index is 0.0805. The van der Waals surface area contributed by atoms with Gasteiger partial charge < -0.3 is 14.0 Å². The van der Waals surface area contributed by atoms with E-state index in [1.165, 1.54) is 0 Å². The van der Waals surface area contributed by atoms with E-state index in [9.17, 15) is 8.42 Å². The molecule has 0 saturated carbocycles. The first-order valence-electron chi connectivity index (χ1n) is 6.63. The molecular formula is C14H18N2O5S. The lowest BCUT2D eigenvalue weighted by molar-refractivity contribution is 0.322. The van der Waals surface area contributed by atoms with E-state index < -0.39 is 10.0 Å². The minimum Gasteiger partial charge on any atom is -0.497 e. The molecule has 2 rings (SSSR count). The van der Waals surface area contributed by atoms with Crippen LogP contribution >= 0.6 is 0 Å². The zero-order valence-corrected chi connectivity index (χ0v) is 13.4. The maximum atomic E-state index is 12.1. The largest absolute Gasteiger partial charge is 0.497 e. The number of hydrogen-bond donors (Lipinski definition) is 1. The topological polar surface area (TPSA) is 90.7 Å². The molecule has 0 unspecified atom stereocenters. The maximum Gasteiger partial charge on any atom is 0.246 e. The van der Waals surface area contributed by atoms with E-state index in [4.69, 9.17) is 14.0 Å². The molecule has 0 aliphatic carbocycles. The molecule has 0 aliphatic heterocycles. The highest BCUT2D eigenvalue weighted by Gasteiger charge is 2.23. The Bertz CT molecular complexity index is 703. The molecule has 1 aromatic carbocycles. The van der Waals surface area contributed by atoms with Gasteiger partial charge in [-0.2, -0.15) is 0 Å². The summed E-state index contributed by atoms with van der Waals surface area (Å²) in [7, 11) is -2.07. The Labute approximate surface area is 129 Å². The lowest BCUT2D eigenvalue weighted by Gasteiger charge is -2.08. The number of aromatic nitrogens is 1. The highest BCUT2D eigenvalue weighted by molar-refractivity contribution is 7.89. The van der Waals surface area contributed by atoms with Gasteiger partial charge in [-0.05, 0) is 38.1 Å². The average Bonchev–Trinajstić information content (AvgIpc) is 2.84. The second-order valence-corrected chi connectivity index (χ2v) is 6.28. The molecule has 8 heteroatoms. The molecule has 0 spiro atoms. The highest BCUT2D eigenvalue weighted by atomic mass is 32.2. The molecule has 1 N–H and O–H groups in total. The van der Waals surface area contributed by atoms with E-state index in [0.717, 1.165) is 5.75 Å². The summed E-state index contributed by atoms with van der Waals surface area (Å²) < 4.78 is 42.1. The summed E-state index contributed by atoms with van der Waals surface area (Å²) in [5.41, 5.74) is 0.334. The number of aryl methyl sites for hydroxylation is 2. The molecule has 0 fully saturated rings. The number of ether oxygens (including phenoxy) is 2. The van der Waals surface area contributed by atoms with Gasteiger partial charge in [0.05, 0.1) is 7.11 Å². The van der Waals surface area contributed by atoms with Crippen LogP contribution in [0.2, 0.25) is 0 Å². The molecule has 120 valence electrons. The summed E-state index contributed by atoms with van der Waals surface area (Å²) in [5.74, 6) is 1.63. The average molecular weight is 326 g/mol. The first-order chi connectivity index (χ1) is 10.4. The van der Waals surface area contributed by atoms with E-state index in [-0.39, 0.29) is 23.8 Å². The Morgan fingerprint density at radius 3 is 2.36 bits per heavy atom. The van der Waals surface area contributed by atoms with Gasteiger partial charge >= 0.3 is 0 Å². The molecule has 1 heterocycles. The lowest BCUT2D eigenvalue weighted by Crippen LogP contribution is -2.29. The molecule has 22 heavy (non-hydrogen) atoms. The van der Waals surface area contributed by atoms with Gasteiger partial charge in [0.2, 0.25) is 10.0 Å². The monoisotopic (exact) mass is 326 g/mol. The quantitative estimate of drug-likeness (QED) is 0.778. The first kappa shape index (κ1) is 16.3. The van der Waals surface area contributed by atoms with Gasteiger partial charge in [0.15, 0.2) is 5.76 Å². The predicted octanol–water partition coefficient (Wildman–Crippen LogP) is 1.66. The van der Waals surface area contributed by atoms with Crippen molar-refractivity contribution in [2.24, 2.45) is 0 Å². The molecule has 0 aliphatic rings. The number of benzene rings is 1. The third-order valence-electron chi connectivity index (χ3n) is 2.96. The van der Waals surface area contributed by atoms with Gasteiger partial charge in [0, 0.05) is 6.54 Å². The van der Waals surface area contributed by atoms with E-state index in [1.54, 1.807) is 45.2 Å². The summed E-state index contributed by atoms with van der Waals surface area (Å²) in [6.45, 7) is 3.48. The Balaban J connectivity index is 1.88. The fourth-order valence-corrected chi connectivity index (χ4v) is 3.29. The number of rotatable bonds is 7. The molecule has 7 nitrogen and oxygen atoms in total. The van der Waals surface area contributed by atoms with E-state index in [0.29, 0.717) is 11.4 Å². The molecule has 0 saturated heterocycles. The zero-order valence-electron chi connectivity index (χ0n) is 12.6. The molecular weight excluding hydrogens is 308 g/mol. The number of nitrogens with one attached hydrogen (secondary N) is 1. The molecule has 2 aromatic rings. The van der Waals surface area contributed by atoms with Crippen molar-refractivity contribution in [1.82, 2.24) is 9.88 Å². The van der Waals surface area contributed by atoms with Crippen molar-refractivity contribution in [3.05, 3.63) is 35.7 Å². The molecule has 0 atom stereocenters. The van der Waals surface area contributed by atoms with Gasteiger partial charge in [0.1, 0.15) is 28.7 Å². The third-order valence-corrected chi connectivity index (χ3v) is 4.66. The summed E-state index contributed by atoms with van der Waals surface area (Å²) in [5, 5.41) is 3.64. The Morgan fingerprint density at radius 2 is 1.82 bits per heavy atom. The van der Waals surface area contributed by atoms with Gasteiger partial charge in [-0.3, -0.25) is 0 Å². The van der Waals surface area contributed by atoms with Crippen LogP contribution in [0.25, 0.3) is 0 Å². The lowest BCUT2D eigenvalue weighted by atomic mass is 10.3. The first-order valence-corrected chi connectivity index (χ1v) is 8.12. The standard InChI is InChI=1S/C14H18N2O5S/c1-10-14(11(2)21-16-10)22(17,18)15-8-9-20-13-6-4-12(19-3)5-7-13/h4-7,15H,8-9H2,1-3H3. The summed E-state index contributed by atoms with van der Waals surface area (Å²) in [6, 6.07) is 7.04. The summed E-state index contributed by atoms with van der Waals surface area (Å²) in [4.78, 5) is 0.0805. The fraction of sp³-hybridized carbons (Fsp3) is 0.357. The molecule has 0 radical (unpaired) electrons. The second kappa shape index (κ2) is 6.80. The molecule has 0 amide bonds. The Morgan fingerprint density at radius 1 is 1.18 bits per heavy atom. The number of sulfonamides is 1. The van der Waals surface area contributed by atoms with Crippen LogP contribution in [0, 0.1) is 13.8 Å². The predicted molar refractivity (Wildman–Crippen MR) is 79.7 cm³/mol. The van der Waals surface area contributed by atoms with Crippen LogP contribution in [-0.4, -0.2) is 33.8 Å². The van der Waals surface area contributed by atoms with Crippen LogP contribution in [-0.2, 0) is 10.0 Å². The van der Waals surface area contributed by atoms with E-state index in [1.807, 2.05) is 0 Å². The van der Waals surface area contributed by atoms with Crippen molar-refractivity contribution in [2.75, 3.05) is 20.3 Å². The van der Waals surface area contributed by atoms with Crippen LogP contribution in [0.4, 0.5) is 0 Å². The zero-order chi connectivity index (χ0) is 16.2. The summed E-state index contributed by atoms with van der Waals surface area (Å²) >= 11 is 0. The van der Waals surface area contributed by atoms with Crippen molar-refractivity contribution in [3.8, 4) is 11.5 Å². The normalized spacial score (nSPS) is 11.4. The number of nitrogens with zero attached hydrogens (tertiary/aromatic N) is 1. The Hall–Kier alpha value is -2.06. The van der Waals surface area contributed by atoms with Crippen LogP contribution in [0.1, 0.15) is 11.5 Å². The molecule has 1 aromatic heterocycles. The van der Waals surface area contributed by atoms with Crippen molar-refractivity contribution in [1.29, 1.82) is 0 Å². The van der Waals surface area contributed by atoms with Gasteiger partial charge in [-0.25, -0.2) is 13.1 Å². The van der Waals surface area contributed by atoms with Crippen LogP contribution < -0.4 is 14.2 Å². The number of methoxy groups -OCH3 is 1. The maximum absolute atomic E-state index is 12.1.